The predicted molar refractivity (Wildman–Crippen MR) is 98.9 cm³/mol. The van der Waals surface area contributed by atoms with Gasteiger partial charge >= 0.3 is 12.3 Å². The van der Waals surface area contributed by atoms with E-state index in [1.807, 2.05) is 6.07 Å². The minimum Gasteiger partial charge on any atom is -0.496 e. The predicted octanol–water partition coefficient (Wildman–Crippen LogP) is 4.17. The molecule has 1 aromatic heterocycles. The zero-order chi connectivity index (χ0) is 21.0. The van der Waals surface area contributed by atoms with Crippen LogP contribution in [0.15, 0.2) is 36.4 Å². The lowest BCUT2D eigenvalue weighted by Crippen LogP contribution is -2.17. The molecule has 1 heterocycles. The van der Waals surface area contributed by atoms with Crippen LogP contribution < -0.4 is 9.47 Å². The lowest BCUT2D eigenvalue weighted by molar-refractivity contribution is -0.274. The molecule has 2 aromatic carbocycles. The molecule has 0 amide bonds. The maximum absolute atomic E-state index is 12.2. The molecular weight excluding hydrogens is 389 g/mol. The topological polar surface area (TPSA) is 73.4 Å². The molecule has 0 aliphatic carbocycles. The first kappa shape index (κ1) is 20.5. The van der Waals surface area contributed by atoms with Crippen molar-refractivity contribution >= 4 is 17.0 Å². The Morgan fingerprint density at radius 3 is 2.48 bits per heavy atom. The van der Waals surface area contributed by atoms with Crippen molar-refractivity contribution in [2.24, 2.45) is 0 Å². The van der Waals surface area contributed by atoms with Crippen LogP contribution in [0.2, 0.25) is 0 Å². The first-order valence-electron chi connectivity index (χ1n) is 8.74. The van der Waals surface area contributed by atoms with Crippen molar-refractivity contribution in [1.29, 1.82) is 0 Å². The highest BCUT2D eigenvalue weighted by molar-refractivity contribution is 5.79. The number of aryl methyl sites for hydroxylation is 1. The first-order chi connectivity index (χ1) is 13.8. The van der Waals surface area contributed by atoms with Crippen LogP contribution in [0.25, 0.3) is 11.0 Å². The van der Waals surface area contributed by atoms with Crippen LogP contribution in [-0.4, -0.2) is 36.5 Å². The number of nitrogens with one attached hydrogen (secondary N) is 1. The van der Waals surface area contributed by atoms with E-state index in [-0.39, 0.29) is 18.1 Å². The van der Waals surface area contributed by atoms with Gasteiger partial charge in [-0.15, -0.1) is 13.2 Å². The van der Waals surface area contributed by atoms with E-state index in [4.69, 9.17) is 4.74 Å². The van der Waals surface area contributed by atoms with Crippen LogP contribution in [0.1, 0.15) is 23.4 Å². The van der Waals surface area contributed by atoms with Gasteiger partial charge in [0.2, 0.25) is 0 Å². The van der Waals surface area contributed by atoms with Crippen molar-refractivity contribution in [1.82, 2.24) is 9.97 Å². The minimum atomic E-state index is -4.72. The minimum absolute atomic E-state index is 0.228. The van der Waals surface area contributed by atoms with Crippen LogP contribution in [0.3, 0.4) is 0 Å². The Labute approximate surface area is 164 Å². The summed E-state index contributed by atoms with van der Waals surface area (Å²) in [5.74, 6) is 0.686. The van der Waals surface area contributed by atoms with Crippen LogP contribution in [0, 0.1) is 0 Å². The molecule has 0 fully saturated rings. The first-order valence-corrected chi connectivity index (χ1v) is 8.74. The van der Waals surface area contributed by atoms with E-state index < -0.39 is 6.36 Å². The average Bonchev–Trinajstić information content (AvgIpc) is 3.06. The van der Waals surface area contributed by atoms with Gasteiger partial charge in [-0.25, -0.2) is 4.98 Å². The Hall–Kier alpha value is -3.23. The van der Waals surface area contributed by atoms with E-state index in [9.17, 15) is 18.0 Å². The molecule has 0 bridgehead atoms. The molecular formula is C20H19F3N2O4. The highest BCUT2D eigenvalue weighted by Crippen LogP contribution is 2.27. The summed E-state index contributed by atoms with van der Waals surface area (Å²) in [6.07, 6.45) is -3.63. The Morgan fingerprint density at radius 2 is 1.86 bits per heavy atom. The smallest absolute Gasteiger partial charge is 0.496 e. The zero-order valence-corrected chi connectivity index (χ0v) is 15.8. The molecule has 1 N–H and O–H groups in total. The summed E-state index contributed by atoms with van der Waals surface area (Å²) < 4.78 is 50.7. The summed E-state index contributed by atoms with van der Waals surface area (Å²) in [4.78, 5) is 19.1. The van der Waals surface area contributed by atoms with Crippen molar-refractivity contribution in [2.75, 3.05) is 14.2 Å². The quantitative estimate of drug-likeness (QED) is 0.594. The monoisotopic (exact) mass is 408 g/mol. The third kappa shape index (κ3) is 5.40. The number of esters is 1. The van der Waals surface area contributed by atoms with E-state index >= 15 is 0 Å². The van der Waals surface area contributed by atoms with Crippen molar-refractivity contribution < 1.29 is 32.2 Å². The van der Waals surface area contributed by atoms with Crippen LogP contribution >= 0.6 is 0 Å². The molecule has 29 heavy (non-hydrogen) atoms. The molecule has 0 aliphatic heterocycles. The van der Waals surface area contributed by atoms with E-state index in [0.29, 0.717) is 29.9 Å². The summed E-state index contributed by atoms with van der Waals surface area (Å²) >= 11 is 0. The summed E-state index contributed by atoms with van der Waals surface area (Å²) in [5, 5.41) is 0. The fraction of sp³-hybridized carbons (Fsp3) is 0.300. The number of hydrogen-bond donors (Lipinski definition) is 1. The largest absolute Gasteiger partial charge is 0.573 e. The van der Waals surface area contributed by atoms with Crippen LogP contribution in [-0.2, 0) is 22.4 Å². The lowest BCUT2D eigenvalue weighted by Gasteiger charge is -2.08. The highest BCUT2D eigenvalue weighted by Gasteiger charge is 2.30. The van der Waals surface area contributed by atoms with E-state index in [2.05, 4.69) is 19.4 Å². The number of ether oxygens (including phenoxy) is 3. The molecule has 0 unspecified atom stereocenters. The fourth-order valence-electron chi connectivity index (χ4n) is 2.95. The second-order valence-corrected chi connectivity index (χ2v) is 6.31. The van der Waals surface area contributed by atoms with Gasteiger partial charge in [0.05, 0.1) is 25.3 Å². The number of benzene rings is 2. The normalized spacial score (nSPS) is 11.5. The van der Waals surface area contributed by atoms with Gasteiger partial charge in [0.15, 0.2) is 0 Å². The van der Waals surface area contributed by atoms with Gasteiger partial charge in [0, 0.05) is 18.9 Å². The van der Waals surface area contributed by atoms with E-state index in [1.165, 1.54) is 19.2 Å². The van der Waals surface area contributed by atoms with Crippen molar-refractivity contribution in [3.8, 4) is 11.5 Å². The number of imidazole rings is 1. The van der Waals surface area contributed by atoms with Gasteiger partial charge < -0.3 is 19.2 Å². The Bertz CT molecular complexity index is 997. The zero-order valence-electron chi connectivity index (χ0n) is 15.8. The van der Waals surface area contributed by atoms with Crippen molar-refractivity contribution in [3.05, 3.63) is 53.3 Å². The summed E-state index contributed by atoms with van der Waals surface area (Å²) in [6, 6.07) is 9.28. The maximum Gasteiger partial charge on any atom is 0.573 e. The van der Waals surface area contributed by atoms with Gasteiger partial charge in [0.1, 0.15) is 17.3 Å². The summed E-state index contributed by atoms with van der Waals surface area (Å²) in [6.45, 7) is 0. The molecule has 0 atom stereocenters. The van der Waals surface area contributed by atoms with Gasteiger partial charge in [0.25, 0.3) is 0 Å². The number of aromatic amines is 1. The lowest BCUT2D eigenvalue weighted by atomic mass is 10.1. The van der Waals surface area contributed by atoms with Gasteiger partial charge in [-0.2, -0.15) is 0 Å². The number of fused-ring (bicyclic) bond motifs is 1. The summed E-state index contributed by atoms with van der Waals surface area (Å²) in [7, 11) is 2.88. The molecule has 0 saturated heterocycles. The Balaban J connectivity index is 1.77. The molecule has 0 radical (unpaired) electrons. The highest BCUT2D eigenvalue weighted by atomic mass is 19.4. The number of carbonyl (C=O) groups is 1. The molecule has 0 spiro atoms. The number of halogens is 3. The maximum atomic E-state index is 12.2. The van der Waals surface area contributed by atoms with E-state index in [1.54, 1.807) is 25.3 Å². The Morgan fingerprint density at radius 1 is 1.14 bits per heavy atom. The van der Waals surface area contributed by atoms with Gasteiger partial charge in [-0.3, -0.25) is 4.79 Å². The van der Waals surface area contributed by atoms with E-state index in [0.717, 1.165) is 16.6 Å². The second-order valence-electron chi connectivity index (χ2n) is 6.31. The Kier molecular flexibility index (Phi) is 5.95. The van der Waals surface area contributed by atoms with Gasteiger partial charge in [-0.1, -0.05) is 12.1 Å². The standard InChI is InChI=1S/C20H19F3N2O4/c1-27-17-11-16-15(10-13(17)5-8-19(26)28-2)24-18(25-16)9-12-3-6-14(7-4-12)29-20(21,22)23/h3-4,6-7,10-11H,5,8-9H2,1-2H3,(H,24,25). The molecule has 9 heteroatoms. The second kappa shape index (κ2) is 8.42. The molecule has 6 nitrogen and oxygen atoms in total. The number of carbonyl (C=O) groups excluding carboxylic acids is 1. The van der Waals surface area contributed by atoms with Gasteiger partial charge in [-0.05, 0) is 35.7 Å². The number of rotatable bonds is 7. The number of methoxy groups -OCH3 is 2. The third-order valence-corrected chi connectivity index (χ3v) is 4.29. The third-order valence-electron chi connectivity index (χ3n) is 4.29. The fourth-order valence-corrected chi connectivity index (χ4v) is 2.95. The molecule has 3 aromatic rings. The molecule has 0 saturated carbocycles. The average molecular weight is 408 g/mol. The molecule has 0 aliphatic rings. The van der Waals surface area contributed by atoms with Crippen molar-refractivity contribution in [3.63, 3.8) is 0 Å². The van der Waals surface area contributed by atoms with Crippen LogP contribution in [0.5, 0.6) is 11.5 Å². The van der Waals surface area contributed by atoms with Crippen molar-refractivity contribution in [2.45, 2.75) is 25.6 Å². The molecule has 154 valence electrons. The number of aromatic nitrogens is 2. The van der Waals surface area contributed by atoms with Crippen LogP contribution in [0.4, 0.5) is 13.2 Å². The number of H-pyrrole nitrogens is 1. The summed E-state index contributed by atoms with van der Waals surface area (Å²) in [5.41, 5.74) is 3.08. The number of hydrogen-bond acceptors (Lipinski definition) is 5. The number of nitrogens with zero attached hydrogens (tertiary/aromatic N) is 1. The SMILES string of the molecule is COC(=O)CCc1cc2[nH]c(Cc3ccc(OC(F)(F)F)cc3)nc2cc1OC. The molecule has 3 rings (SSSR count). The number of alkyl halides is 3.